The topological polar surface area (TPSA) is 58.4 Å². The van der Waals surface area contributed by atoms with Crippen LogP contribution in [0.5, 0.6) is 0 Å². The number of aromatic carboxylic acids is 1. The first-order chi connectivity index (χ1) is 9.69. The molecule has 0 radical (unpaired) electrons. The maximum atomic E-state index is 11.0. The molecule has 21 heavy (non-hydrogen) atoms. The molecule has 5 nitrogen and oxygen atoms in total. The van der Waals surface area contributed by atoms with Crippen molar-refractivity contribution in [2.75, 3.05) is 20.6 Å². The van der Waals surface area contributed by atoms with Gasteiger partial charge in [0.25, 0.3) is 0 Å². The molecule has 0 atom stereocenters. The van der Waals surface area contributed by atoms with Gasteiger partial charge in [-0.25, -0.2) is 9.78 Å². The third-order valence-corrected chi connectivity index (χ3v) is 3.52. The number of fused-ring (bicyclic) bond motifs is 1. The number of benzene rings is 1. The predicted molar refractivity (Wildman–Crippen MR) is 83.8 cm³/mol. The van der Waals surface area contributed by atoms with Crippen LogP contribution in [0.2, 0.25) is 0 Å². The van der Waals surface area contributed by atoms with Gasteiger partial charge in [-0.1, -0.05) is 13.8 Å². The average molecular weight is 289 g/mol. The molecule has 0 saturated carbocycles. The zero-order valence-electron chi connectivity index (χ0n) is 13.3. The van der Waals surface area contributed by atoms with E-state index in [-0.39, 0.29) is 11.0 Å². The highest BCUT2D eigenvalue weighted by atomic mass is 16.4. The highest BCUT2D eigenvalue weighted by molar-refractivity contribution is 5.92. The van der Waals surface area contributed by atoms with Crippen LogP contribution in [0.3, 0.4) is 0 Å². The summed E-state index contributed by atoms with van der Waals surface area (Å²) in [6.45, 7) is 8.24. The summed E-state index contributed by atoms with van der Waals surface area (Å²) >= 11 is 0. The molecule has 5 heteroatoms. The van der Waals surface area contributed by atoms with E-state index in [1.165, 1.54) is 0 Å². The Kier molecular flexibility index (Phi) is 4.05. The van der Waals surface area contributed by atoms with Crippen LogP contribution in [0, 0.1) is 12.3 Å². The first-order valence-electron chi connectivity index (χ1n) is 7.04. The first-order valence-corrected chi connectivity index (χ1v) is 7.04. The van der Waals surface area contributed by atoms with Gasteiger partial charge < -0.3 is 14.6 Å². The third kappa shape index (κ3) is 3.42. The zero-order chi connectivity index (χ0) is 15.8. The van der Waals surface area contributed by atoms with E-state index in [1.54, 1.807) is 12.1 Å². The van der Waals surface area contributed by atoms with Crippen LogP contribution < -0.4 is 0 Å². The van der Waals surface area contributed by atoms with E-state index in [0.29, 0.717) is 0 Å². The SMILES string of the molecule is Cc1nc2cc(C(=O)O)ccc2n1CC(C)(C)CN(C)C. The van der Waals surface area contributed by atoms with E-state index in [0.717, 1.165) is 29.9 Å². The smallest absolute Gasteiger partial charge is 0.335 e. The van der Waals surface area contributed by atoms with Crippen molar-refractivity contribution in [1.82, 2.24) is 14.5 Å². The number of imidazole rings is 1. The number of aromatic nitrogens is 2. The molecule has 0 aliphatic carbocycles. The van der Waals surface area contributed by atoms with Gasteiger partial charge in [-0.15, -0.1) is 0 Å². The summed E-state index contributed by atoms with van der Waals surface area (Å²) < 4.78 is 2.17. The lowest BCUT2D eigenvalue weighted by molar-refractivity contribution is 0.0697. The molecule has 0 amide bonds. The van der Waals surface area contributed by atoms with Crippen LogP contribution in [-0.4, -0.2) is 46.2 Å². The number of carboxylic acids is 1. The Morgan fingerprint density at radius 1 is 1.38 bits per heavy atom. The van der Waals surface area contributed by atoms with E-state index in [9.17, 15) is 4.79 Å². The lowest BCUT2D eigenvalue weighted by Crippen LogP contribution is -2.32. The Hall–Kier alpha value is -1.88. The van der Waals surface area contributed by atoms with Crippen LogP contribution in [0.15, 0.2) is 18.2 Å². The largest absolute Gasteiger partial charge is 0.478 e. The van der Waals surface area contributed by atoms with Crippen LogP contribution in [0.25, 0.3) is 11.0 Å². The van der Waals surface area contributed by atoms with Crippen molar-refractivity contribution in [1.29, 1.82) is 0 Å². The molecule has 0 saturated heterocycles. The molecule has 0 aliphatic heterocycles. The van der Waals surface area contributed by atoms with Crippen LogP contribution in [0.1, 0.15) is 30.0 Å². The van der Waals surface area contributed by atoms with Crippen molar-refractivity contribution >= 4 is 17.0 Å². The van der Waals surface area contributed by atoms with E-state index in [1.807, 2.05) is 13.0 Å². The molecule has 0 unspecified atom stereocenters. The minimum Gasteiger partial charge on any atom is -0.478 e. The number of hydrogen-bond donors (Lipinski definition) is 1. The number of hydrogen-bond acceptors (Lipinski definition) is 3. The summed E-state index contributed by atoms with van der Waals surface area (Å²) in [5.74, 6) is -0.00332. The van der Waals surface area contributed by atoms with Gasteiger partial charge in [-0.05, 0) is 44.6 Å². The minimum absolute atomic E-state index is 0.105. The fourth-order valence-electron chi connectivity index (χ4n) is 2.92. The molecule has 2 aromatic rings. The lowest BCUT2D eigenvalue weighted by Gasteiger charge is -2.29. The molecule has 0 bridgehead atoms. The maximum Gasteiger partial charge on any atom is 0.335 e. The Balaban J connectivity index is 2.40. The molecule has 1 aromatic heterocycles. The van der Waals surface area contributed by atoms with E-state index in [4.69, 9.17) is 5.11 Å². The maximum absolute atomic E-state index is 11.0. The number of carbonyl (C=O) groups is 1. The first kappa shape index (κ1) is 15.5. The minimum atomic E-state index is -0.919. The standard InChI is InChI=1S/C16H23N3O2/c1-11-17-13-8-12(15(20)21)6-7-14(13)19(11)10-16(2,3)9-18(4)5/h6-8H,9-10H2,1-5H3,(H,20,21). The normalized spacial score (nSPS) is 12.3. The van der Waals surface area contributed by atoms with E-state index >= 15 is 0 Å². The lowest BCUT2D eigenvalue weighted by atomic mass is 9.92. The second kappa shape index (κ2) is 5.48. The molecule has 1 aromatic carbocycles. The van der Waals surface area contributed by atoms with Crippen LogP contribution in [-0.2, 0) is 6.54 Å². The van der Waals surface area contributed by atoms with Gasteiger partial charge in [0.05, 0.1) is 16.6 Å². The number of nitrogens with zero attached hydrogens (tertiary/aromatic N) is 3. The average Bonchev–Trinajstić information content (AvgIpc) is 2.63. The fourth-order valence-corrected chi connectivity index (χ4v) is 2.92. The molecule has 1 heterocycles. The quantitative estimate of drug-likeness (QED) is 0.919. The molecular weight excluding hydrogens is 266 g/mol. The van der Waals surface area contributed by atoms with Gasteiger partial charge in [0, 0.05) is 13.1 Å². The predicted octanol–water partition coefficient (Wildman–Crippen LogP) is 2.63. The third-order valence-electron chi connectivity index (χ3n) is 3.52. The Morgan fingerprint density at radius 3 is 2.62 bits per heavy atom. The van der Waals surface area contributed by atoms with Crippen molar-refractivity contribution in [2.24, 2.45) is 5.41 Å². The van der Waals surface area contributed by atoms with Gasteiger partial charge in [0.15, 0.2) is 0 Å². The molecule has 1 N–H and O–H groups in total. The summed E-state index contributed by atoms with van der Waals surface area (Å²) in [5, 5.41) is 9.07. The fraction of sp³-hybridized carbons (Fsp3) is 0.500. The Bertz CT molecular complexity index is 671. The summed E-state index contributed by atoms with van der Waals surface area (Å²) in [4.78, 5) is 17.7. The molecule has 114 valence electrons. The highest BCUT2D eigenvalue weighted by Crippen LogP contribution is 2.25. The van der Waals surface area contributed by atoms with Crippen molar-refractivity contribution in [3.63, 3.8) is 0 Å². The second-order valence-corrected chi connectivity index (χ2v) is 6.66. The van der Waals surface area contributed by atoms with Crippen LogP contribution in [0.4, 0.5) is 0 Å². The van der Waals surface area contributed by atoms with Gasteiger partial charge >= 0.3 is 5.97 Å². The van der Waals surface area contributed by atoms with Crippen LogP contribution >= 0.6 is 0 Å². The summed E-state index contributed by atoms with van der Waals surface area (Å²) in [6, 6.07) is 5.13. The molecule has 0 fully saturated rings. The van der Waals surface area contributed by atoms with Crippen molar-refractivity contribution in [3.8, 4) is 0 Å². The monoisotopic (exact) mass is 289 g/mol. The zero-order valence-corrected chi connectivity index (χ0v) is 13.3. The Labute approximate surface area is 125 Å². The van der Waals surface area contributed by atoms with Crippen molar-refractivity contribution < 1.29 is 9.90 Å². The highest BCUT2D eigenvalue weighted by Gasteiger charge is 2.22. The summed E-state index contributed by atoms with van der Waals surface area (Å²) in [5.41, 5.74) is 2.12. The van der Waals surface area contributed by atoms with E-state index in [2.05, 4.69) is 42.4 Å². The summed E-state index contributed by atoms with van der Waals surface area (Å²) in [7, 11) is 4.14. The van der Waals surface area contributed by atoms with Gasteiger partial charge in [-0.2, -0.15) is 0 Å². The molecular formula is C16H23N3O2. The number of aryl methyl sites for hydroxylation is 1. The molecule has 2 rings (SSSR count). The summed E-state index contributed by atoms with van der Waals surface area (Å²) in [6.07, 6.45) is 0. The van der Waals surface area contributed by atoms with E-state index < -0.39 is 5.97 Å². The number of rotatable bonds is 5. The molecule has 0 aliphatic rings. The van der Waals surface area contributed by atoms with Crippen molar-refractivity contribution in [2.45, 2.75) is 27.3 Å². The van der Waals surface area contributed by atoms with Gasteiger partial charge in [-0.3, -0.25) is 0 Å². The van der Waals surface area contributed by atoms with Gasteiger partial charge in [0.2, 0.25) is 0 Å². The molecule has 0 spiro atoms. The second-order valence-electron chi connectivity index (χ2n) is 6.66. The number of carboxylic acid groups (broad SMARTS) is 1. The van der Waals surface area contributed by atoms with Crippen molar-refractivity contribution in [3.05, 3.63) is 29.6 Å². The van der Waals surface area contributed by atoms with Gasteiger partial charge in [0.1, 0.15) is 5.82 Å². The Morgan fingerprint density at radius 2 is 2.05 bits per heavy atom.